The molecule has 3 aliphatic rings. The summed E-state index contributed by atoms with van der Waals surface area (Å²) in [6.07, 6.45) is 6.45. The van der Waals surface area contributed by atoms with E-state index in [1.165, 1.54) is 45.0 Å². The molecule has 3 heterocycles. The monoisotopic (exact) mass is 347 g/mol. The molecule has 138 valence electrons. The van der Waals surface area contributed by atoms with E-state index in [2.05, 4.69) is 27.1 Å². The van der Waals surface area contributed by atoms with Crippen molar-refractivity contribution in [3.05, 3.63) is 17.8 Å². The van der Waals surface area contributed by atoms with Crippen LogP contribution in [0.5, 0.6) is 0 Å². The van der Waals surface area contributed by atoms with Gasteiger partial charge in [0, 0.05) is 38.3 Å². The van der Waals surface area contributed by atoms with Crippen molar-refractivity contribution >= 4 is 5.91 Å². The van der Waals surface area contributed by atoms with E-state index in [9.17, 15) is 4.79 Å². The number of amides is 1. The number of carbonyl (C=O) groups is 1. The molecule has 7 nitrogen and oxygen atoms in total. The first-order valence-corrected chi connectivity index (χ1v) is 9.59. The van der Waals surface area contributed by atoms with Gasteiger partial charge in [-0.3, -0.25) is 9.69 Å². The molecule has 2 aliphatic heterocycles. The van der Waals surface area contributed by atoms with Crippen molar-refractivity contribution in [3.63, 3.8) is 0 Å². The van der Waals surface area contributed by atoms with Gasteiger partial charge in [-0.15, -0.1) is 0 Å². The van der Waals surface area contributed by atoms with E-state index in [1.807, 2.05) is 4.90 Å². The summed E-state index contributed by atoms with van der Waals surface area (Å²) in [7, 11) is 2.19. The number of carbonyl (C=O) groups excluding carboxylic acids is 1. The summed E-state index contributed by atoms with van der Waals surface area (Å²) in [6.45, 7) is 6.48. The third-order valence-corrected chi connectivity index (χ3v) is 5.70. The zero-order valence-electron chi connectivity index (χ0n) is 15.1. The number of hydrogen-bond donors (Lipinski definition) is 1. The molecule has 1 amide bonds. The second-order valence-corrected chi connectivity index (χ2v) is 7.64. The smallest absolute Gasteiger partial charge is 0.275 e. The van der Waals surface area contributed by atoms with Crippen LogP contribution >= 0.6 is 0 Å². The third kappa shape index (κ3) is 4.22. The topological polar surface area (TPSA) is 64.8 Å². The molecule has 25 heavy (non-hydrogen) atoms. The zero-order valence-corrected chi connectivity index (χ0v) is 15.1. The molecule has 1 aromatic rings. The van der Waals surface area contributed by atoms with Gasteiger partial charge >= 0.3 is 0 Å². The van der Waals surface area contributed by atoms with Crippen LogP contribution in [-0.4, -0.2) is 84.0 Å². The van der Waals surface area contributed by atoms with Crippen molar-refractivity contribution in [2.75, 3.05) is 46.3 Å². The molecule has 7 heteroatoms. The highest BCUT2D eigenvalue weighted by atomic mass is 16.3. The Morgan fingerprint density at radius 2 is 1.88 bits per heavy atom. The molecule has 3 fully saturated rings. The molecule has 0 bridgehead atoms. The molecule has 1 N–H and O–H groups in total. The van der Waals surface area contributed by atoms with Gasteiger partial charge in [0.1, 0.15) is 6.26 Å². The van der Waals surface area contributed by atoms with Crippen LogP contribution in [0, 0.1) is 0 Å². The summed E-state index contributed by atoms with van der Waals surface area (Å²) in [6, 6.07) is 1.29. The summed E-state index contributed by atoms with van der Waals surface area (Å²) < 4.78 is 5.44. The lowest BCUT2D eigenvalue weighted by molar-refractivity contribution is 0.0470. The van der Waals surface area contributed by atoms with E-state index in [-0.39, 0.29) is 5.91 Å². The average molecular weight is 347 g/mol. The lowest BCUT2D eigenvalue weighted by Crippen LogP contribution is -2.54. The van der Waals surface area contributed by atoms with Gasteiger partial charge in [0.15, 0.2) is 5.69 Å². The number of nitrogens with one attached hydrogen (secondary N) is 1. The maximum absolute atomic E-state index is 12.6. The molecule has 1 aromatic heterocycles. The van der Waals surface area contributed by atoms with Crippen molar-refractivity contribution in [2.45, 2.75) is 44.3 Å². The van der Waals surface area contributed by atoms with Crippen molar-refractivity contribution in [2.24, 2.45) is 0 Å². The minimum atomic E-state index is 0.00412. The Bertz CT molecular complexity index is 584. The van der Waals surface area contributed by atoms with Gasteiger partial charge in [-0.25, -0.2) is 4.98 Å². The molecule has 1 aliphatic carbocycles. The normalized spacial score (nSPS) is 24.0. The molecule has 0 atom stereocenters. The lowest BCUT2D eigenvalue weighted by Gasteiger charge is -2.42. The minimum absolute atomic E-state index is 0.00412. The van der Waals surface area contributed by atoms with Gasteiger partial charge < -0.3 is 19.5 Å². The van der Waals surface area contributed by atoms with E-state index in [0.29, 0.717) is 30.2 Å². The third-order valence-electron chi connectivity index (χ3n) is 5.70. The van der Waals surface area contributed by atoms with Gasteiger partial charge in [-0.1, -0.05) is 0 Å². The number of hydrogen-bond acceptors (Lipinski definition) is 6. The molecular formula is C18H29N5O2. The van der Waals surface area contributed by atoms with Crippen LogP contribution in [-0.2, 0) is 6.54 Å². The van der Waals surface area contributed by atoms with Crippen LogP contribution in [0.15, 0.2) is 10.7 Å². The lowest BCUT2D eigenvalue weighted by atomic mass is 10.0. The first-order valence-electron chi connectivity index (χ1n) is 9.59. The molecular weight excluding hydrogens is 318 g/mol. The average Bonchev–Trinajstić information content (AvgIpc) is 3.36. The highest BCUT2D eigenvalue weighted by Crippen LogP contribution is 2.20. The summed E-state index contributed by atoms with van der Waals surface area (Å²) >= 11 is 0. The number of piperidine rings is 1. The number of piperazine rings is 1. The summed E-state index contributed by atoms with van der Waals surface area (Å²) in [5.74, 6) is 0.615. The van der Waals surface area contributed by atoms with E-state index in [1.54, 1.807) is 0 Å². The SMILES string of the molecule is CN1CCC(N2CCN(C(=O)c3coc(CNC4CC4)n3)CC2)CC1. The highest BCUT2D eigenvalue weighted by Gasteiger charge is 2.29. The number of likely N-dealkylation sites (tertiary alicyclic amines) is 1. The summed E-state index contributed by atoms with van der Waals surface area (Å²) in [4.78, 5) is 23.9. The van der Waals surface area contributed by atoms with Gasteiger partial charge in [0.25, 0.3) is 5.91 Å². The molecule has 4 rings (SSSR count). The largest absolute Gasteiger partial charge is 0.447 e. The highest BCUT2D eigenvalue weighted by molar-refractivity contribution is 5.92. The van der Waals surface area contributed by atoms with Gasteiger partial charge in [-0.05, 0) is 45.8 Å². The maximum Gasteiger partial charge on any atom is 0.275 e. The van der Waals surface area contributed by atoms with Crippen molar-refractivity contribution in [3.8, 4) is 0 Å². The Balaban J connectivity index is 1.26. The van der Waals surface area contributed by atoms with Gasteiger partial charge in [0.2, 0.25) is 5.89 Å². The van der Waals surface area contributed by atoms with Crippen LogP contribution in [0.3, 0.4) is 0 Å². The van der Waals surface area contributed by atoms with Gasteiger partial charge in [0.05, 0.1) is 6.54 Å². The van der Waals surface area contributed by atoms with Crippen molar-refractivity contribution in [1.29, 1.82) is 0 Å². The van der Waals surface area contributed by atoms with E-state index >= 15 is 0 Å². The van der Waals surface area contributed by atoms with Crippen LogP contribution in [0.4, 0.5) is 0 Å². The number of rotatable bonds is 5. The fraction of sp³-hybridized carbons (Fsp3) is 0.778. The van der Waals surface area contributed by atoms with E-state index in [0.717, 1.165) is 26.2 Å². The Morgan fingerprint density at radius 1 is 1.16 bits per heavy atom. The number of oxazole rings is 1. The molecule has 0 unspecified atom stereocenters. The van der Waals surface area contributed by atoms with Gasteiger partial charge in [-0.2, -0.15) is 0 Å². The molecule has 0 spiro atoms. The Morgan fingerprint density at radius 3 is 2.56 bits per heavy atom. The molecule has 0 aromatic carbocycles. The first-order chi connectivity index (χ1) is 12.2. The fourth-order valence-electron chi connectivity index (χ4n) is 3.82. The number of aromatic nitrogens is 1. The predicted molar refractivity (Wildman–Crippen MR) is 94.4 cm³/mol. The van der Waals surface area contributed by atoms with E-state index < -0.39 is 0 Å². The standard InChI is InChI=1S/C18H29N5O2/c1-21-6-4-15(5-7-21)22-8-10-23(11-9-22)18(24)16-13-25-17(20-16)12-19-14-2-3-14/h13-15,19H,2-12H2,1H3. The fourth-order valence-corrected chi connectivity index (χ4v) is 3.82. The zero-order chi connectivity index (χ0) is 17.2. The van der Waals surface area contributed by atoms with Crippen LogP contribution < -0.4 is 5.32 Å². The van der Waals surface area contributed by atoms with Crippen LogP contribution in [0.2, 0.25) is 0 Å². The molecule has 1 saturated carbocycles. The second kappa shape index (κ2) is 7.43. The minimum Gasteiger partial charge on any atom is -0.447 e. The Hall–Kier alpha value is -1.44. The molecule has 0 radical (unpaired) electrons. The Labute approximate surface area is 149 Å². The predicted octanol–water partition coefficient (Wildman–Crippen LogP) is 0.779. The van der Waals surface area contributed by atoms with E-state index in [4.69, 9.17) is 4.42 Å². The Kier molecular flexibility index (Phi) is 5.05. The molecule has 2 saturated heterocycles. The first kappa shape index (κ1) is 17.0. The maximum atomic E-state index is 12.6. The summed E-state index contributed by atoms with van der Waals surface area (Å²) in [5, 5.41) is 3.36. The summed E-state index contributed by atoms with van der Waals surface area (Å²) in [5.41, 5.74) is 0.445. The second-order valence-electron chi connectivity index (χ2n) is 7.64. The van der Waals surface area contributed by atoms with Crippen LogP contribution in [0.1, 0.15) is 42.1 Å². The quantitative estimate of drug-likeness (QED) is 0.849. The van der Waals surface area contributed by atoms with Crippen molar-refractivity contribution in [1.82, 2.24) is 25.0 Å². The van der Waals surface area contributed by atoms with Crippen molar-refractivity contribution < 1.29 is 9.21 Å². The van der Waals surface area contributed by atoms with Crippen LogP contribution in [0.25, 0.3) is 0 Å². The number of nitrogens with zero attached hydrogens (tertiary/aromatic N) is 4.